The second-order valence-corrected chi connectivity index (χ2v) is 6.82. The van der Waals surface area contributed by atoms with Gasteiger partial charge >= 0.3 is 0 Å². The van der Waals surface area contributed by atoms with Crippen molar-refractivity contribution in [3.05, 3.63) is 23.3 Å². The van der Waals surface area contributed by atoms with Crippen LogP contribution in [-0.2, 0) is 14.8 Å². The summed E-state index contributed by atoms with van der Waals surface area (Å²) < 4.78 is 27.4. The van der Waals surface area contributed by atoms with Crippen LogP contribution in [0, 0.1) is 13.8 Å². The number of nitrogens with one attached hydrogen (secondary N) is 1. The number of hydrogen-bond acceptors (Lipinski definition) is 4. The van der Waals surface area contributed by atoms with Crippen LogP contribution in [0.1, 0.15) is 17.5 Å². The van der Waals surface area contributed by atoms with Crippen LogP contribution < -0.4 is 10.5 Å². The van der Waals surface area contributed by atoms with E-state index in [9.17, 15) is 13.2 Å². The van der Waals surface area contributed by atoms with Gasteiger partial charge in [-0.05, 0) is 31.4 Å². The highest BCUT2D eigenvalue weighted by molar-refractivity contribution is 7.89. The monoisotopic (exact) mass is 297 g/mol. The molecule has 0 radical (unpaired) electrons. The lowest BCUT2D eigenvalue weighted by molar-refractivity contribution is -0.127. The molecule has 0 spiro atoms. The van der Waals surface area contributed by atoms with Crippen LogP contribution in [0.4, 0.5) is 5.69 Å². The zero-order valence-electron chi connectivity index (χ0n) is 11.8. The van der Waals surface area contributed by atoms with Gasteiger partial charge in [-0.1, -0.05) is 12.1 Å². The van der Waals surface area contributed by atoms with Gasteiger partial charge in [-0.15, -0.1) is 0 Å². The Labute approximate surface area is 119 Å². The number of hydrogen-bond donors (Lipinski definition) is 2. The number of amides is 1. The Morgan fingerprint density at radius 2 is 1.90 bits per heavy atom. The van der Waals surface area contributed by atoms with E-state index in [1.54, 1.807) is 33.0 Å². The molecule has 110 valence electrons. The van der Waals surface area contributed by atoms with E-state index in [2.05, 4.69) is 4.72 Å². The van der Waals surface area contributed by atoms with Gasteiger partial charge in [0.25, 0.3) is 0 Å². The maximum atomic E-state index is 12.5. The highest BCUT2D eigenvalue weighted by Crippen LogP contribution is 2.26. The van der Waals surface area contributed by atoms with E-state index in [4.69, 9.17) is 5.73 Å². The molecule has 1 aliphatic rings. The second-order valence-electron chi connectivity index (χ2n) is 5.16. The first-order chi connectivity index (χ1) is 9.24. The minimum Gasteiger partial charge on any atom is -0.397 e. The Kier molecular flexibility index (Phi) is 3.75. The van der Waals surface area contributed by atoms with Crippen LogP contribution in [-0.4, -0.2) is 38.9 Å². The molecule has 1 heterocycles. The van der Waals surface area contributed by atoms with Crippen molar-refractivity contribution in [3.63, 3.8) is 0 Å². The maximum absolute atomic E-state index is 12.5. The third-order valence-electron chi connectivity index (χ3n) is 3.60. The lowest BCUT2D eigenvalue weighted by Gasteiger charge is -2.16. The number of sulfonamides is 1. The van der Waals surface area contributed by atoms with Crippen molar-refractivity contribution in [1.29, 1.82) is 0 Å². The number of likely N-dealkylation sites (tertiary alicyclic amines) is 1. The summed E-state index contributed by atoms with van der Waals surface area (Å²) in [4.78, 5) is 13.4. The van der Waals surface area contributed by atoms with E-state index in [1.807, 2.05) is 0 Å². The van der Waals surface area contributed by atoms with Crippen LogP contribution >= 0.6 is 0 Å². The predicted molar refractivity (Wildman–Crippen MR) is 76.7 cm³/mol. The number of rotatable bonds is 3. The molecule has 0 saturated carbocycles. The topological polar surface area (TPSA) is 92.5 Å². The third kappa shape index (κ3) is 2.51. The average Bonchev–Trinajstić information content (AvgIpc) is 2.65. The van der Waals surface area contributed by atoms with Gasteiger partial charge in [0.1, 0.15) is 10.9 Å². The first-order valence-corrected chi connectivity index (χ1v) is 7.85. The van der Waals surface area contributed by atoms with E-state index >= 15 is 0 Å². The summed E-state index contributed by atoms with van der Waals surface area (Å²) in [7, 11) is -2.15. The number of likely N-dealkylation sites (N-methyl/N-ethyl adjacent to an activating group) is 1. The van der Waals surface area contributed by atoms with Crippen LogP contribution in [0.2, 0.25) is 0 Å². The first-order valence-electron chi connectivity index (χ1n) is 6.37. The number of carbonyl (C=O) groups is 1. The molecule has 20 heavy (non-hydrogen) atoms. The molecular formula is C13H19N3O3S. The smallest absolute Gasteiger partial charge is 0.243 e. The Morgan fingerprint density at radius 1 is 1.30 bits per heavy atom. The largest absolute Gasteiger partial charge is 0.397 e. The summed E-state index contributed by atoms with van der Waals surface area (Å²) in [5.74, 6) is -0.211. The predicted octanol–water partition coefficient (Wildman–Crippen LogP) is 0.395. The van der Waals surface area contributed by atoms with E-state index in [0.717, 1.165) is 0 Å². The summed E-state index contributed by atoms with van der Waals surface area (Å²) in [6.45, 7) is 3.99. The van der Waals surface area contributed by atoms with E-state index in [1.165, 1.54) is 4.90 Å². The summed E-state index contributed by atoms with van der Waals surface area (Å²) in [6.07, 6.45) is 0.472. The van der Waals surface area contributed by atoms with Gasteiger partial charge in [0.05, 0.1) is 5.69 Å². The number of benzene rings is 1. The Hall–Kier alpha value is -1.60. The molecule has 1 aromatic rings. The van der Waals surface area contributed by atoms with Crippen LogP contribution in [0.25, 0.3) is 0 Å². The van der Waals surface area contributed by atoms with Gasteiger partial charge in [0.15, 0.2) is 0 Å². The Morgan fingerprint density at radius 3 is 2.45 bits per heavy atom. The normalized spacial score (nSPS) is 19.6. The Balaban J connectivity index is 2.37. The van der Waals surface area contributed by atoms with E-state index in [0.29, 0.717) is 24.1 Å². The molecule has 0 bridgehead atoms. The number of carbonyl (C=O) groups excluding carboxylic acids is 1. The molecule has 0 aromatic heterocycles. The minimum absolute atomic E-state index is 0.0693. The maximum Gasteiger partial charge on any atom is 0.243 e. The zero-order chi connectivity index (χ0) is 15.1. The number of nitrogen functional groups attached to an aromatic ring is 1. The SMILES string of the molecule is Cc1ccc(C)c(S(=O)(=O)NC2CCN(C)C2=O)c1N. The molecular weight excluding hydrogens is 278 g/mol. The fraction of sp³-hybridized carbons (Fsp3) is 0.462. The highest BCUT2D eigenvalue weighted by Gasteiger charge is 2.34. The van der Waals surface area contributed by atoms with Gasteiger partial charge in [0, 0.05) is 13.6 Å². The molecule has 1 unspecified atom stereocenters. The van der Waals surface area contributed by atoms with Crippen molar-refractivity contribution in [2.45, 2.75) is 31.2 Å². The molecule has 1 saturated heterocycles. The summed E-state index contributed by atoms with van der Waals surface area (Å²) >= 11 is 0. The molecule has 6 nitrogen and oxygen atoms in total. The summed E-state index contributed by atoms with van der Waals surface area (Å²) in [5, 5.41) is 0. The number of nitrogens with two attached hydrogens (primary N) is 1. The molecule has 1 fully saturated rings. The Bertz CT molecular complexity index is 655. The highest BCUT2D eigenvalue weighted by atomic mass is 32.2. The van der Waals surface area contributed by atoms with Gasteiger partial charge in [-0.3, -0.25) is 4.79 Å². The van der Waals surface area contributed by atoms with Crippen LogP contribution in [0.5, 0.6) is 0 Å². The molecule has 1 aliphatic heterocycles. The summed E-state index contributed by atoms with van der Waals surface area (Å²) in [6, 6.07) is 2.78. The van der Waals surface area contributed by atoms with Crippen molar-refractivity contribution in [3.8, 4) is 0 Å². The minimum atomic E-state index is -3.81. The van der Waals surface area contributed by atoms with Crippen LogP contribution in [0.3, 0.4) is 0 Å². The lowest BCUT2D eigenvalue weighted by Crippen LogP contribution is -2.40. The molecule has 0 aliphatic carbocycles. The van der Waals surface area contributed by atoms with Crippen LogP contribution in [0.15, 0.2) is 17.0 Å². The second kappa shape index (κ2) is 5.06. The molecule has 1 amide bonds. The molecule has 1 atom stereocenters. The first kappa shape index (κ1) is 14.8. The standard InChI is InChI=1S/C13H19N3O3S/c1-8-4-5-9(2)12(11(8)14)20(18,19)15-10-6-7-16(3)13(10)17/h4-5,10,15H,6-7,14H2,1-3H3. The molecule has 2 rings (SSSR count). The van der Waals surface area contributed by atoms with E-state index in [-0.39, 0.29) is 16.5 Å². The van der Waals surface area contributed by atoms with Crippen molar-refractivity contribution in [2.75, 3.05) is 19.3 Å². The van der Waals surface area contributed by atoms with Crippen molar-refractivity contribution >= 4 is 21.6 Å². The zero-order valence-corrected chi connectivity index (χ0v) is 12.6. The summed E-state index contributed by atoms with van der Waals surface area (Å²) in [5.41, 5.74) is 7.39. The quantitative estimate of drug-likeness (QED) is 0.790. The number of anilines is 1. The van der Waals surface area contributed by atoms with Crippen molar-refractivity contribution in [2.24, 2.45) is 0 Å². The van der Waals surface area contributed by atoms with E-state index < -0.39 is 16.1 Å². The lowest BCUT2D eigenvalue weighted by atomic mass is 10.1. The third-order valence-corrected chi connectivity index (χ3v) is 5.28. The average molecular weight is 297 g/mol. The van der Waals surface area contributed by atoms with Gasteiger partial charge < -0.3 is 10.6 Å². The van der Waals surface area contributed by atoms with Gasteiger partial charge in [0.2, 0.25) is 15.9 Å². The molecule has 1 aromatic carbocycles. The fourth-order valence-electron chi connectivity index (χ4n) is 2.34. The number of aryl methyl sites for hydroxylation is 2. The number of nitrogens with zero attached hydrogens (tertiary/aromatic N) is 1. The van der Waals surface area contributed by atoms with Gasteiger partial charge in [-0.2, -0.15) is 4.72 Å². The molecule has 3 N–H and O–H groups in total. The fourth-order valence-corrected chi connectivity index (χ4v) is 4.00. The van der Waals surface area contributed by atoms with Crippen molar-refractivity contribution < 1.29 is 13.2 Å². The molecule has 7 heteroatoms. The van der Waals surface area contributed by atoms with Gasteiger partial charge in [-0.25, -0.2) is 8.42 Å². The van der Waals surface area contributed by atoms with Crippen molar-refractivity contribution in [1.82, 2.24) is 9.62 Å².